The molecule has 0 saturated carbocycles. The van der Waals surface area contributed by atoms with E-state index in [9.17, 15) is 14.4 Å². The van der Waals surface area contributed by atoms with Gasteiger partial charge in [0.15, 0.2) is 12.0 Å². The molecule has 5 aromatic rings. The van der Waals surface area contributed by atoms with Crippen LogP contribution < -0.4 is 10.7 Å². The minimum atomic E-state index is -0.586. The highest BCUT2D eigenvalue weighted by Crippen LogP contribution is 2.23. The molecule has 5 rings (SSSR count). The van der Waals surface area contributed by atoms with Crippen molar-refractivity contribution in [2.45, 2.75) is 20.4 Å². The van der Waals surface area contributed by atoms with Crippen LogP contribution in [0.1, 0.15) is 11.4 Å². The van der Waals surface area contributed by atoms with Gasteiger partial charge in [-0.1, -0.05) is 42.5 Å². The molecule has 0 aliphatic heterocycles. The first-order valence-corrected chi connectivity index (χ1v) is 11.5. The zero-order chi connectivity index (χ0) is 25.2. The number of fused-ring (bicyclic) bond motifs is 2. The van der Waals surface area contributed by atoms with Crippen LogP contribution in [-0.2, 0) is 20.9 Å². The van der Waals surface area contributed by atoms with Gasteiger partial charge < -0.3 is 14.6 Å². The Morgan fingerprint density at radius 3 is 2.08 bits per heavy atom. The van der Waals surface area contributed by atoms with Gasteiger partial charge in [0, 0.05) is 10.8 Å². The molecule has 0 radical (unpaired) electrons. The van der Waals surface area contributed by atoms with Crippen LogP contribution in [0.25, 0.3) is 27.5 Å². The third kappa shape index (κ3) is 4.24. The van der Waals surface area contributed by atoms with Crippen molar-refractivity contribution in [3.05, 3.63) is 100 Å². The molecule has 2 heterocycles. The highest BCUT2D eigenvalue weighted by atomic mass is 16.5. The minimum absolute atomic E-state index is 0.0908. The minimum Gasteiger partial charge on any atom is -0.454 e. The van der Waals surface area contributed by atoms with Crippen LogP contribution in [-0.4, -0.2) is 32.8 Å². The van der Waals surface area contributed by atoms with Crippen molar-refractivity contribution in [2.24, 2.45) is 0 Å². The van der Waals surface area contributed by atoms with Gasteiger partial charge in [-0.25, -0.2) is 4.68 Å². The Bertz CT molecular complexity index is 1610. The SMILES string of the molecule is Cc1nn(-c2ccccc2)c(C)c1NC(=O)COC(=O)Cn1c2ccccc2c(=O)c2ccccc21. The second kappa shape index (κ2) is 9.50. The summed E-state index contributed by atoms with van der Waals surface area (Å²) in [5.41, 5.74) is 4.05. The maximum Gasteiger partial charge on any atom is 0.326 e. The standard InChI is InChI=1S/C28H24N4O4/c1-18-27(19(2)32(30-18)20-10-4-3-5-11-20)29-25(33)17-36-26(34)16-31-23-14-8-6-12-21(23)28(35)22-13-7-9-15-24(22)31/h3-15H,16-17H2,1-2H3,(H,29,33). The summed E-state index contributed by atoms with van der Waals surface area (Å²) in [7, 11) is 0. The van der Waals surface area contributed by atoms with Gasteiger partial charge in [0.1, 0.15) is 6.54 Å². The predicted molar refractivity (Wildman–Crippen MR) is 138 cm³/mol. The Hall–Kier alpha value is -4.72. The van der Waals surface area contributed by atoms with Crippen LogP contribution >= 0.6 is 0 Å². The van der Waals surface area contributed by atoms with Crippen molar-refractivity contribution >= 4 is 39.4 Å². The molecule has 8 nitrogen and oxygen atoms in total. The molecule has 0 saturated heterocycles. The maximum atomic E-state index is 12.9. The lowest BCUT2D eigenvalue weighted by Crippen LogP contribution is -2.24. The van der Waals surface area contributed by atoms with Gasteiger partial charge in [-0.15, -0.1) is 0 Å². The van der Waals surface area contributed by atoms with E-state index in [2.05, 4.69) is 10.4 Å². The first-order chi connectivity index (χ1) is 17.4. The number of anilines is 1. The third-order valence-electron chi connectivity index (χ3n) is 6.09. The van der Waals surface area contributed by atoms with Crippen molar-refractivity contribution in [2.75, 3.05) is 11.9 Å². The van der Waals surface area contributed by atoms with Crippen LogP contribution in [0.5, 0.6) is 0 Å². The predicted octanol–water partition coefficient (Wildman–Crippen LogP) is 4.14. The number of rotatable bonds is 6. The number of amides is 1. The van der Waals surface area contributed by atoms with Crippen molar-refractivity contribution in [1.82, 2.24) is 14.3 Å². The molecule has 36 heavy (non-hydrogen) atoms. The fraction of sp³-hybridized carbons (Fsp3) is 0.143. The summed E-state index contributed by atoms with van der Waals surface area (Å²) in [6.45, 7) is 3.09. The molecular formula is C28H24N4O4. The van der Waals surface area contributed by atoms with Gasteiger partial charge in [-0.3, -0.25) is 14.4 Å². The molecular weight excluding hydrogens is 456 g/mol. The molecule has 0 bridgehead atoms. The monoisotopic (exact) mass is 480 g/mol. The van der Waals surface area contributed by atoms with Gasteiger partial charge in [0.25, 0.3) is 5.91 Å². The second-order valence-corrected chi connectivity index (χ2v) is 8.45. The number of nitrogens with zero attached hydrogens (tertiary/aromatic N) is 3. The number of ether oxygens (including phenoxy) is 1. The topological polar surface area (TPSA) is 95.2 Å². The molecule has 1 N–H and O–H groups in total. The van der Waals surface area contributed by atoms with Crippen LogP contribution in [0.2, 0.25) is 0 Å². The molecule has 1 amide bonds. The number of aromatic nitrogens is 3. The Labute approximate surface area is 206 Å². The lowest BCUT2D eigenvalue weighted by atomic mass is 10.1. The van der Waals surface area contributed by atoms with Crippen LogP contribution in [0, 0.1) is 13.8 Å². The van der Waals surface area contributed by atoms with Gasteiger partial charge in [0.2, 0.25) is 0 Å². The molecule has 8 heteroatoms. The summed E-state index contributed by atoms with van der Waals surface area (Å²) in [5, 5.41) is 8.36. The Morgan fingerprint density at radius 1 is 0.861 bits per heavy atom. The number of carbonyl (C=O) groups excluding carboxylic acids is 2. The number of carbonyl (C=O) groups is 2. The number of para-hydroxylation sites is 3. The maximum absolute atomic E-state index is 12.9. The zero-order valence-corrected chi connectivity index (χ0v) is 19.9. The molecule has 0 unspecified atom stereocenters. The smallest absolute Gasteiger partial charge is 0.326 e. The highest BCUT2D eigenvalue weighted by Gasteiger charge is 2.18. The first-order valence-electron chi connectivity index (χ1n) is 11.5. The highest BCUT2D eigenvalue weighted by molar-refractivity contribution is 5.96. The van der Waals surface area contributed by atoms with Crippen LogP contribution in [0.4, 0.5) is 5.69 Å². The van der Waals surface area contributed by atoms with E-state index in [-0.39, 0.29) is 12.0 Å². The number of hydrogen-bond donors (Lipinski definition) is 1. The molecule has 3 aromatic carbocycles. The van der Waals surface area contributed by atoms with Gasteiger partial charge in [-0.2, -0.15) is 5.10 Å². The number of benzene rings is 3. The number of nitrogens with one attached hydrogen (secondary N) is 1. The molecule has 2 aromatic heterocycles. The normalized spacial score (nSPS) is 11.1. The summed E-state index contributed by atoms with van der Waals surface area (Å²) in [6.07, 6.45) is 0. The van der Waals surface area contributed by atoms with E-state index in [1.165, 1.54) is 0 Å². The molecule has 180 valence electrons. The number of pyridine rings is 1. The van der Waals surface area contributed by atoms with Gasteiger partial charge in [0.05, 0.1) is 33.8 Å². The summed E-state index contributed by atoms with van der Waals surface area (Å²) >= 11 is 0. The van der Waals surface area contributed by atoms with E-state index in [0.29, 0.717) is 33.2 Å². The van der Waals surface area contributed by atoms with E-state index in [1.54, 1.807) is 52.6 Å². The zero-order valence-electron chi connectivity index (χ0n) is 19.9. The average molecular weight is 481 g/mol. The Morgan fingerprint density at radius 2 is 1.44 bits per heavy atom. The third-order valence-corrected chi connectivity index (χ3v) is 6.09. The van der Waals surface area contributed by atoms with Crippen molar-refractivity contribution in [3.63, 3.8) is 0 Å². The summed E-state index contributed by atoms with van der Waals surface area (Å²) in [5.74, 6) is -1.05. The molecule has 0 aliphatic rings. The van der Waals surface area contributed by atoms with Crippen molar-refractivity contribution < 1.29 is 14.3 Å². The Kier molecular flexibility index (Phi) is 6.08. The van der Waals surface area contributed by atoms with E-state index < -0.39 is 18.5 Å². The van der Waals surface area contributed by atoms with Crippen molar-refractivity contribution in [3.8, 4) is 5.69 Å². The van der Waals surface area contributed by atoms with Crippen LogP contribution in [0.15, 0.2) is 83.7 Å². The first kappa shape index (κ1) is 23.0. The number of hydrogen-bond acceptors (Lipinski definition) is 5. The fourth-order valence-corrected chi connectivity index (χ4v) is 4.39. The van der Waals surface area contributed by atoms with E-state index in [1.807, 2.05) is 49.4 Å². The molecule has 0 spiro atoms. The average Bonchev–Trinajstić information content (AvgIpc) is 3.18. The second-order valence-electron chi connectivity index (χ2n) is 8.45. The van der Waals surface area contributed by atoms with Gasteiger partial charge >= 0.3 is 5.97 Å². The fourth-order valence-electron chi connectivity index (χ4n) is 4.39. The Balaban J connectivity index is 1.32. The molecule has 0 fully saturated rings. The molecule has 0 aliphatic carbocycles. The molecule has 0 atom stereocenters. The number of aryl methyl sites for hydroxylation is 1. The van der Waals surface area contributed by atoms with E-state index in [4.69, 9.17) is 4.74 Å². The van der Waals surface area contributed by atoms with Crippen molar-refractivity contribution in [1.29, 1.82) is 0 Å². The summed E-state index contributed by atoms with van der Waals surface area (Å²) in [4.78, 5) is 38.2. The summed E-state index contributed by atoms with van der Waals surface area (Å²) < 4.78 is 8.80. The number of esters is 1. The lowest BCUT2D eigenvalue weighted by molar-refractivity contribution is -0.147. The largest absolute Gasteiger partial charge is 0.454 e. The van der Waals surface area contributed by atoms with E-state index in [0.717, 1.165) is 11.4 Å². The van der Waals surface area contributed by atoms with E-state index >= 15 is 0 Å². The van der Waals surface area contributed by atoms with Gasteiger partial charge in [-0.05, 0) is 50.2 Å². The lowest BCUT2D eigenvalue weighted by Gasteiger charge is -2.14. The quantitative estimate of drug-likeness (QED) is 0.291. The van der Waals surface area contributed by atoms with Crippen LogP contribution in [0.3, 0.4) is 0 Å². The summed E-state index contributed by atoms with van der Waals surface area (Å²) in [6, 6.07) is 23.9.